The maximum Gasteiger partial charge on any atom is 0.315 e. The number of hydrogen-bond donors (Lipinski definition) is 2. The lowest BCUT2D eigenvalue weighted by atomic mass is 10.1. The van der Waals surface area contributed by atoms with Crippen molar-refractivity contribution in [1.29, 1.82) is 0 Å². The van der Waals surface area contributed by atoms with Gasteiger partial charge < -0.3 is 19.9 Å². The van der Waals surface area contributed by atoms with E-state index in [1.54, 1.807) is 12.1 Å². The molecule has 0 saturated carbocycles. The van der Waals surface area contributed by atoms with E-state index in [1.807, 2.05) is 0 Å². The van der Waals surface area contributed by atoms with Gasteiger partial charge in [0.1, 0.15) is 5.82 Å². The van der Waals surface area contributed by atoms with Crippen molar-refractivity contribution in [3.8, 4) is 11.4 Å². The Labute approximate surface area is 132 Å². The van der Waals surface area contributed by atoms with Gasteiger partial charge in [-0.3, -0.25) is 0 Å². The molecule has 0 atom stereocenters. The summed E-state index contributed by atoms with van der Waals surface area (Å²) in [4.78, 5) is 16.0. The Balaban J connectivity index is 1.50. The molecule has 2 N–H and O–H groups in total. The molecule has 1 saturated heterocycles. The molecule has 2 amide bonds. The summed E-state index contributed by atoms with van der Waals surface area (Å²) >= 11 is 0. The number of halogens is 1. The predicted molar refractivity (Wildman–Crippen MR) is 78.9 cm³/mol. The van der Waals surface area contributed by atoms with E-state index >= 15 is 0 Å². The van der Waals surface area contributed by atoms with Gasteiger partial charge in [-0.15, -0.1) is 0 Å². The summed E-state index contributed by atoms with van der Waals surface area (Å²) in [6.45, 7) is 1.45. The fourth-order valence-corrected chi connectivity index (χ4v) is 2.28. The van der Waals surface area contributed by atoms with Crippen LogP contribution in [0.2, 0.25) is 0 Å². The lowest BCUT2D eigenvalue weighted by molar-refractivity contribution is 0.0800. The van der Waals surface area contributed by atoms with Gasteiger partial charge in [-0.05, 0) is 37.1 Å². The van der Waals surface area contributed by atoms with Gasteiger partial charge >= 0.3 is 6.03 Å². The first kappa shape index (κ1) is 15.4. The van der Waals surface area contributed by atoms with E-state index in [4.69, 9.17) is 9.26 Å². The molecular formula is C15H17FN4O3. The van der Waals surface area contributed by atoms with E-state index in [9.17, 15) is 9.18 Å². The van der Waals surface area contributed by atoms with Crippen LogP contribution in [0.1, 0.15) is 18.7 Å². The molecule has 7 nitrogen and oxygen atoms in total. The standard InChI is InChI=1S/C15H17FN4O3/c16-11-3-1-10(2-4-11)14-19-13(23-20-14)9-17-15(21)18-12-5-7-22-8-6-12/h1-4,12H,5-9H2,(H2,17,18,21). The van der Waals surface area contributed by atoms with E-state index in [1.165, 1.54) is 12.1 Å². The molecule has 0 bridgehead atoms. The first-order valence-corrected chi connectivity index (χ1v) is 7.41. The number of benzene rings is 1. The van der Waals surface area contributed by atoms with Crippen LogP contribution >= 0.6 is 0 Å². The third-order valence-electron chi connectivity index (χ3n) is 3.53. The zero-order valence-corrected chi connectivity index (χ0v) is 12.4. The number of urea groups is 1. The number of rotatable bonds is 4. The molecule has 122 valence electrons. The Morgan fingerprint density at radius 3 is 2.74 bits per heavy atom. The number of nitrogens with zero attached hydrogens (tertiary/aromatic N) is 2. The minimum atomic E-state index is -0.330. The van der Waals surface area contributed by atoms with Gasteiger partial charge in [0.05, 0.1) is 6.54 Å². The fraction of sp³-hybridized carbons (Fsp3) is 0.400. The number of amides is 2. The molecule has 8 heteroatoms. The molecule has 3 rings (SSSR count). The second-order valence-electron chi connectivity index (χ2n) is 5.23. The maximum absolute atomic E-state index is 12.9. The van der Waals surface area contributed by atoms with Crippen LogP contribution in [0.5, 0.6) is 0 Å². The Morgan fingerprint density at radius 1 is 1.26 bits per heavy atom. The van der Waals surface area contributed by atoms with E-state index in [-0.39, 0.29) is 30.3 Å². The predicted octanol–water partition coefficient (Wildman–Crippen LogP) is 1.85. The Hall–Kier alpha value is -2.48. The molecule has 1 fully saturated rings. The Bertz CT molecular complexity index is 653. The van der Waals surface area contributed by atoms with E-state index in [2.05, 4.69) is 20.8 Å². The van der Waals surface area contributed by atoms with Crippen LogP contribution in [-0.2, 0) is 11.3 Å². The molecule has 1 aromatic carbocycles. The summed E-state index contributed by atoms with van der Waals surface area (Å²) in [5.74, 6) is 0.307. The number of ether oxygens (including phenoxy) is 1. The van der Waals surface area contributed by atoms with Gasteiger partial charge in [0.15, 0.2) is 0 Å². The van der Waals surface area contributed by atoms with Crippen molar-refractivity contribution in [1.82, 2.24) is 20.8 Å². The second-order valence-corrected chi connectivity index (χ2v) is 5.23. The maximum atomic E-state index is 12.9. The van der Waals surface area contributed by atoms with E-state index in [0.717, 1.165) is 12.8 Å². The van der Waals surface area contributed by atoms with Crippen molar-refractivity contribution in [2.45, 2.75) is 25.4 Å². The molecule has 2 aromatic rings. The zero-order valence-electron chi connectivity index (χ0n) is 12.4. The van der Waals surface area contributed by atoms with Crippen molar-refractivity contribution in [3.05, 3.63) is 36.0 Å². The molecule has 0 aliphatic carbocycles. The molecule has 2 heterocycles. The molecule has 0 unspecified atom stereocenters. The second kappa shape index (κ2) is 7.19. The van der Waals surface area contributed by atoms with Crippen molar-refractivity contribution in [2.24, 2.45) is 0 Å². The summed E-state index contributed by atoms with van der Waals surface area (Å²) < 4.78 is 23.2. The van der Waals surface area contributed by atoms with Gasteiger partial charge in [-0.2, -0.15) is 4.98 Å². The van der Waals surface area contributed by atoms with Crippen LogP contribution in [0.3, 0.4) is 0 Å². The average Bonchev–Trinajstić information content (AvgIpc) is 3.04. The minimum absolute atomic E-state index is 0.126. The molecule has 1 aliphatic rings. The number of carbonyl (C=O) groups is 1. The Kier molecular flexibility index (Phi) is 4.82. The van der Waals surface area contributed by atoms with Crippen LogP contribution in [0.15, 0.2) is 28.8 Å². The van der Waals surface area contributed by atoms with Gasteiger partial charge in [0, 0.05) is 24.8 Å². The summed E-state index contributed by atoms with van der Waals surface area (Å²) in [6, 6.07) is 5.63. The van der Waals surface area contributed by atoms with E-state index < -0.39 is 0 Å². The molecule has 0 spiro atoms. The normalized spacial score (nSPS) is 15.3. The van der Waals surface area contributed by atoms with Gasteiger partial charge in [-0.25, -0.2) is 9.18 Å². The smallest absolute Gasteiger partial charge is 0.315 e. The average molecular weight is 320 g/mol. The highest BCUT2D eigenvalue weighted by Gasteiger charge is 2.16. The summed E-state index contributed by atoms with van der Waals surface area (Å²) in [6.07, 6.45) is 1.62. The van der Waals surface area contributed by atoms with Crippen molar-refractivity contribution >= 4 is 6.03 Å². The molecule has 1 aromatic heterocycles. The van der Waals surface area contributed by atoms with Crippen molar-refractivity contribution < 1.29 is 18.4 Å². The van der Waals surface area contributed by atoms with Crippen LogP contribution in [-0.4, -0.2) is 35.4 Å². The first-order chi connectivity index (χ1) is 11.2. The lowest BCUT2D eigenvalue weighted by Gasteiger charge is -2.22. The summed E-state index contributed by atoms with van der Waals surface area (Å²) in [7, 11) is 0. The van der Waals surface area contributed by atoms with Crippen LogP contribution in [0.25, 0.3) is 11.4 Å². The largest absolute Gasteiger partial charge is 0.381 e. The highest BCUT2D eigenvalue weighted by molar-refractivity contribution is 5.74. The van der Waals surface area contributed by atoms with Crippen LogP contribution < -0.4 is 10.6 Å². The van der Waals surface area contributed by atoms with Crippen molar-refractivity contribution in [3.63, 3.8) is 0 Å². The van der Waals surface area contributed by atoms with Crippen LogP contribution in [0, 0.1) is 5.82 Å². The molecule has 1 aliphatic heterocycles. The van der Waals surface area contributed by atoms with Gasteiger partial charge in [-0.1, -0.05) is 5.16 Å². The fourth-order valence-electron chi connectivity index (χ4n) is 2.28. The zero-order chi connectivity index (χ0) is 16.1. The molecule has 0 radical (unpaired) electrons. The minimum Gasteiger partial charge on any atom is -0.381 e. The monoisotopic (exact) mass is 320 g/mol. The number of nitrogens with one attached hydrogen (secondary N) is 2. The van der Waals surface area contributed by atoms with Crippen LogP contribution in [0.4, 0.5) is 9.18 Å². The van der Waals surface area contributed by atoms with E-state index in [0.29, 0.717) is 24.6 Å². The van der Waals surface area contributed by atoms with Crippen molar-refractivity contribution in [2.75, 3.05) is 13.2 Å². The summed E-state index contributed by atoms with van der Waals surface area (Å²) in [5, 5.41) is 9.36. The highest BCUT2D eigenvalue weighted by atomic mass is 19.1. The quantitative estimate of drug-likeness (QED) is 0.897. The highest BCUT2D eigenvalue weighted by Crippen LogP contribution is 2.16. The van der Waals surface area contributed by atoms with Gasteiger partial charge in [0.25, 0.3) is 0 Å². The summed E-state index contributed by atoms with van der Waals surface area (Å²) in [5.41, 5.74) is 0.646. The molecule has 23 heavy (non-hydrogen) atoms. The Morgan fingerprint density at radius 2 is 2.00 bits per heavy atom. The number of carbonyl (C=O) groups excluding carboxylic acids is 1. The topological polar surface area (TPSA) is 89.3 Å². The third kappa shape index (κ3) is 4.26. The molecular weight excluding hydrogens is 303 g/mol. The first-order valence-electron chi connectivity index (χ1n) is 7.41. The number of hydrogen-bond acceptors (Lipinski definition) is 5. The third-order valence-corrected chi connectivity index (χ3v) is 3.53. The number of aromatic nitrogens is 2. The SMILES string of the molecule is O=C(NCc1nc(-c2ccc(F)cc2)no1)NC1CCOCC1. The lowest BCUT2D eigenvalue weighted by Crippen LogP contribution is -2.44. The van der Waals surface area contributed by atoms with Gasteiger partial charge in [0.2, 0.25) is 11.7 Å².